The van der Waals surface area contributed by atoms with Gasteiger partial charge in [-0.1, -0.05) is 54.6 Å². The third kappa shape index (κ3) is 2.26. The number of hydrazine groups is 1. The van der Waals surface area contributed by atoms with Crippen molar-refractivity contribution in [3.8, 4) is 0 Å². The summed E-state index contributed by atoms with van der Waals surface area (Å²) in [5.41, 5.74) is 15.2. The van der Waals surface area contributed by atoms with Crippen molar-refractivity contribution in [1.82, 2.24) is 5.43 Å². The molecule has 3 aromatic rings. The molecule has 0 saturated heterocycles. The summed E-state index contributed by atoms with van der Waals surface area (Å²) in [6.45, 7) is 0.893. The Morgan fingerprint density at radius 2 is 1.92 bits per heavy atom. The quantitative estimate of drug-likeness (QED) is 0.435. The molecule has 1 aliphatic heterocycles. The number of rotatable bonds is 2. The Kier molecular flexibility index (Phi) is 3.04. The minimum Gasteiger partial charge on any atom is -0.368 e. The smallest absolute Gasteiger partial charge is 0.213 e. The van der Waals surface area contributed by atoms with Gasteiger partial charge in [0.2, 0.25) is 5.96 Å². The third-order valence-electron chi connectivity index (χ3n) is 4.90. The van der Waals surface area contributed by atoms with Crippen molar-refractivity contribution in [2.75, 3.05) is 11.6 Å². The van der Waals surface area contributed by atoms with Crippen LogP contribution >= 0.6 is 0 Å². The summed E-state index contributed by atoms with van der Waals surface area (Å²) < 4.78 is 0. The molecule has 122 valence electrons. The minimum absolute atomic E-state index is 0.407. The number of anilines is 1. The SMILES string of the molecule is NC(=Nc1ccc2cccc3c2c1C=C3)NN1CCc2ccccc21. The van der Waals surface area contributed by atoms with Gasteiger partial charge >= 0.3 is 0 Å². The molecule has 0 amide bonds. The van der Waals surface area contributed by atoms with E-state index in [2.05, 4.69) is 70.0 Å². The second kappa shape index (κ2) is 5.38. The fraction of sp³-hybridized carbons (Fsp3) is 0.0952. The maximum absolute atomic E-state index is 6.20. The van der Waals surface area contributed by atoms with Gasteiger partial charge in [0, 0.05) is 12.1 Å². The van der Waals surface area contributed by atoms with Crippen LogP contribution in [-0.4, -0.2) is 12.5 Å². The van der Waals surface area contributed by atoms with E-state index in [1.54, 1.807) is 0 Å². The Morgan fingerprint density at radius 1 is 1.00 bits per heavy atom. The van der Waals surface area contributed by atoms with Gasteiger partial charge in [0.1, 0.15) is 0 Å². The van der Waals surface area contributed by atoms with Gasteiger partial charge in [-0.25, -0.2) is 4.99 Å². The lowest BCUT2D eigenvalue weighted by Crippen LogP contribution is -2.45. The first-order valence-corrected chi connectivity index (χ1v) is 8.50. The van der Waals surface area contributed by atoms with Gasteiger partial charge < -0.3 is 5.73 Å². The van der Waals surface area contributed by atoms with Crippen LogP contribution in [0.2, 0.25) is 0 Å². The van der Waals surface area contributed by atoms with E-state index < -0.39 is 0 Å². The number of para-hydroxylation sites is 1. The van der Waals surface area contributed by atoms with Crippen molar-refractivity contribution in [1.29, 1.82) is 0 Å². The second-order valence-corrected chi connectivity index (χ2v) is 6.42. The van der Waals surface area contributed by atoms with Crippen LogP contribution in [0.4, 0.5) is 11.4 Å². The highest BCUT2D eigenvalue weighted by Crippen LogP contribution is 2.37. The summed E-state index contributed by atoms with van der Waals surface area (Å²) in [4.78, 5) is 4.64. The molecule has 0 bridgehead atoms. The van der Waals surface area contributed by atoms with Crippen LogP contribution in [0.3, 0.4) is 0 Å². The van der Waals surface area contributed by atoms with E-state index in [-0.39, 0.29) is 0 Å². The largest absolute Gasteiger partial charge is 0.368 e. The van der Waals surface area contributed by atoms with E-state index in [4.69, 9.17) is 5.73 Å². The van der Waals surface area contributed by atoms with Gasteiger partial charge in [-0.3, -0.25) is 10.4 Å². The number of hydrogen-bond acceptors (Lipinski definition) is 2. The van der Waals surface area contributed by atoms with Crippen LogP contribution < -0.4 is 16.2 Å². The van der Waals surface area contributed by atoms with Crippen molar-refractivity contribution in [2.24, 2.45) is 10.7 Å². The maximum atomic E-state index is 6.20. The first-order chi connectivity index (χ1) is 12.3. The van der Waals surface area contributed by atoms with Crippen LogP contribution in [0.25, 0.3) is 22.9 Å². The summed E-state index contributed by atoms with van der Waals surface area (Å²) in [6.07, 6.45) is 5.27. The number of nitrogens with two attached hydrogens (primary N) is 1. The zero-order valence-corrected chi connectivity index (χ0v) is 13.7. The molecule has 3 N–H and O–H groups in total. The first kappa shape index (κ1) is 14.1. The zero-order valence-electron chi connectivity index (χ0n) is 13.7. The topological polar surface area (TPSA) is 53.6 Å². The third-order valence-corrected chi connectivity index (χ3v) is 4.90. The fourth-order valence-corrected chi connectivity index (χ4v) is 3.75. The monoisotopic (exact) mass is 326 g/mol. The van der Waals surface area contributed by atoms with E-state index in [1.165, 1.54) is 27.6 Å². The fourth-order valence-electron chi connectivity index (χ4n) is 3.75. The summed E-state index contributed by atoms with van der Waals surface area (Å²) in [5, 5.41) is 4.55. The molecule has 0 unspecified atom stereocenters. The number of nitrogens with one attached hydrogen (secondary N) is 1. The van der Waals surface area contributed by atoms with Crippen LogP contribution in [-0.2, 0) is 6.42 Å². The highest BCUT2D eigenvalue weighted by atomic mass is 15.5. The molecule has 0 saturated carbocycles. The maximum Gasteiger partial charge on any atom is 0.213 e. The second-order valence-electron chi connectivity index (χ2n) is 6.42. The molecule has 0 atom stereocenters. The molecule has 4 heteroatoms. The van der Waals surface area contributed by atoms with Gasteiger partial charge in [-0.2, -0.15) is 0 Å². The summed E-state index contributed by atoms with van der Waals surface area (Å²) in [5.74, 6) is 0.407. The molecule has 4 nitrogen and oxygen atoms in total. The lowest BCUT2D eigenvalue weighted by molar-refractivity contribution is 0.794. The van der Waals surface area contributed by atoms with Crippen molar-refractivity contribution < 1.29 is 0 Å². The average Bonchev–Trinajstić information content (AvgIpc) is 3.24. The molecule has 25 heavy (non-hydrogen) atoms. The molecule has 1 heterocycles. The number of aliphatic imine (C=N–C) groups is 1. The Hall–Kier alpha value is -3.27. The average molecular weight is 326 g/mol. The minimum atomic E-state index is 0.407. The standard InChI is InChI=1S/C21H18N4/c22-21(24-25-13-12-14-4-1-2-7-19(14)25)23-18-11-9-16-6-3-5-15-8-10-17(18)20(15)16/h1-11H,12-13H2,(H3,22,23,24). The molecule has 0 aromatic heterocycles. The molecule has 0 fully saturated rings. The summed E-state index contributed by atoms with van der Waals surface area (Å²) >= 11 is 0. The lowest BCUT2D eigenvalue weighted by atomic mass is 10.0. The molecular formula is C21H18N4. The van der Waals surface area contributed by atoms with Crippen molar-refractivity contribution in [2.45, 2.75) is 6.42 Å². The van der Waals surface area contributed by atoms with E-state index in [9.17, 15) is 0 Å². The number of hydrogen-bond donors (Lipinski definition) is 2. The summed E-state index contributed by atoms with van der Waals surface area (Å²) in [7, 11) is 0. The Balaban J connectivity index is 1.48. The molecule has 2 aliphatic rings. The Bertz CT molecular complexity index is 1050. The first-order valence-electron chi connectivity index (χ1n) is 8.50. The molecule has 3 aromatic carbocycles. The van der Waals surface area contributed by atoms with Gasteiger partial charge in [0.25, 0.3) is 0 Å². The van der Waals surface area contributed by atoms with Crippen LogP contribution in [0.1, 0.15) is 16.7 Å². The molecule has 5 rings (SSSR count). The van der Waals surface area contributed by atoms with Crippen molar-refractivity contribution in [3.63, 3.8) is 0 Å². The van der Waals surface area contributed by atoms with Crippen molar-refractivity contribution in [3.05, 3.63) is 71.3 Å². The predicted molar refractivity (Wildman–Crippen MR) is 105 cm³/mol. The van der Waals surface area contributed by atoms with E-state index >= 15 is 0 Å². The number of fused-ring (bicyclic) bond motifs is 1. The number of nitrogens with zero attached hydrogens (tertiary/aromatic N) is 2. The van der Waals surface area contributed by atoms with E-state index in [0.717, 1.165) is 24.2 Å². The predicted octanol–water partition coefficient (Wildman–Crippen LogP) is 3.84. The van der Waals surface area contributed by atoms with Gasteiger partial charge in [0.05, 0.1) is 11.4 Å². The highest BCUT2D eigenvalue weighted by molar-refractivity contribution is 6.08. The van der Waals surface area contributed by atoms with E-state index in [1.807, 2.05) is 12.1 Å². The Labute approximate surface area is 146 Å². The molecule has 1 aliphatic carbocycles. The van der Waals surface area contributed by atoms with Gasteiger partial charge in [-0.15, -0.1) is 0 Å². The van der Waals surface area contributed by atoms with Crippen LogP contribution in [0.15, 0.2) is 59.6 Å². The Morgan fingerprint density at radius 3 is 2.88 bits per heavy atom. The van der Waals surface area contributed by atoms with Crippen molar-refractivity contribution >= 4 is 40.3 Å². The van der Waals surface area contributed by atoms with Gasteiger partial charge in [0.15, 0.2) is 0 Å². The van der Waals surface area contributed by atoms with Gasteiger partial charge in [-0.05, 0) is 40.5 Å². The molecule has 0 radical (unpaired) electrons. The van der Waals surface area contributed by atoms with E-state index in [0.29, 0.717) is 5.96 Å². The normalized spacial score (nSPS) is 15.0. The van der Waals surface area contributed by atoms with Crippen LogP contribution in [0.5, 0.6) is 0 Å². The number of guanidine groups is 1. The van der Waals surface area contributed by atoms with Crippen LogP contribution in [0, 0.1) is 0 Å². The highest BCUT2D eigenvalue weighted by Gasteiger charge is 2.19. The summed E-state index contributed by atoms with van der Waals surface area (Å²) in [6, 6.07) is 18.9. The molecule has 0 spiro atoms. The zero-order chi connectivity index (χ0) is 16.8. The number of benzene rings is 3. The molecular weight excluding hydrogens is 308 g/mol. The lowest BCUT2D eigenvalue weighted by Gasteiger charge is -2.21.